The molecule has 0 fully saturated rings. The molecule has 0 atom stereocenters. The Balaban J connectivity index is 1.98. The van der Waals surface area contributed by atoms with E-state index < -0.39 is 22.7 Å². The van der Waals surface area contributed by atoms with E-state index in [4.69, 9.17) is 0 Å². The molecule has 1 aromatic heterocycles. The molecule has 11 heteroatoms. The van der Waals surface area contributed by atoms with Gasteiger partial charge < -0.3 is 15.4 Å². The van der Waals surface area contributed by atoms with Crippen LogP contribution in [0.1, 0.15) is 21.7 Å². The molecule has 0 saturated heterocycles. The van der Waals surface area contributed by atoms with Gasteiger partial charge >= 0.3 is 11.7 Å². The van der Waals surface area contributed by atoms with Gasteiger partial charge in [0, 0.05) is 11.3 Å². The second-order valence-corrected chi connectivity index (χ2v) is 5.82. The average Bonchev–Trinajstić information content (AvgIpc) is 2.93. The first kappa shape index (κ1) is 20.6. The Morgan fingerprint density at radius 1 is 1.21 bits per heavy atom. The van der Waals surface area contributed by atoms with Gasteiger partial charge in [0.25, 0.3) is 5.91 Å². The third-order valence-electron chi connectivity index (χ3n) is 3.87. The normalized spacial score (nSPS) is 10.2. The molecule has 0 aliphatic heterocycles. The summed E-state index contributed by atoms with van der Waals surface area (Å²) in [6.45, 7) is 2.58. The fourth-order valence-corrected chi connectivity index (χ4v) is 2.47. The SMILES string of the molecule is COC(=O)CNC(=O)c1ccc(NC(=O)Cn2nc(C)c([N+](=O)[O-])c2C)cc1. The van der Waals surface area contributed by atoms with E-state index in [0.29, 0.717) is 11.3 Å². The molecule has 0 radical (unpaired) electrons. The maximum absolute atomic E-state index is 12.2. The molecule has 1 heterocycles. The van der Waals surface area contributed by atoms with Crippen LogP contribution in [-0.2, 0) is 20.9 Å². The fourth-order valence-electron chi connectivity index (χ4n) is 2.47. The molecule has 2 aromatic rings. The van der Waals surface area contributed by atoms with E-state index in [9.17, 15) is 24.5 Å². The molecule has 2 rings (SSSR count). The Kier molecular flexibility index (Phi) is 6.42. The number of hydrogen-bond donors (Lipinski definition) is 2. The standard InChI is InChI=1S/C17H19N5O6/c1-10-16(22(26)27)11(2)21(20-10)9-14(23)19-13-6-4-12(5-7-13)17(25)18-8-15(24)28-3/h4-7H,8-9H2,1-3H3,(H,18,25)(H,19,23). The van der Waals surface area contributed by atoms with Gasteiger partial charge in [-0.15, -0.1) is 0 Å². The Labute approximate surface area is 159 Å². The molecule has 0 unspecified atom stereocenters. The minimum Gasteiger partial charge on any atom is -0.468 e. The van der Waals surface area contributed by atoms with Crippen molar-refractivity contribution in [2.75, 3.05) is 19.0 Å². The molecule has 0 bridgehead atoms. The Morgan fingerprint density at radius 2 is 1.86 bits per heavy atom. The third kappa shape index (κ3) is 4.90. The highest BCUT2D eigenvalue weighted by molar-refractivity contribution is 5.97. The van der Waals surface area contributed by atoms with E-state index in [1.807, 2.05) is 0 Å². The summed E-state index contributed by atoms with van der Waals surface area (Å²) in [6.07, 6.45) is 0. The number of rotatable bonds is 7. The van der Waals surface area contributed by atoms with Crippen molar-refractivity contribution >= 4 is 29.2 Å². The topological polar surface area (TPSA) is 145 Å². The maximum atomic E-state index is 12.2. The molecular weight excluding hydrogens is 370 g/mol. The van der Waals surface area contributed by atoms with Crippen LogP contribution < -0.4 is 10.6 Å². The van der Waals surface area contributed by atoms with Gasteiger partial charge in [0.2, 0.25) is 5.91 Å². The number of amides is 2. The highest BCUT2D eigenvalue weighted by atomic mass is 16.6. The highest BCUT2D eigenvalue weighted by Gasteiger charge is 2.22. The van der Waals surface area contributed by atoms with Crippen LogP contribution in [0.3, 0.4) is 0 Å². The molecule has 148 valence electrons. The van der Waals surface area contributed by atoms with Gasteiger partial charge in [-0.3, -0.25) is 29.2 Å². The number of ether oxygens (including phenoxy) is 1. The zero-order valence-electron chi connectivity index (χ0n) is 15.5. The summed E-state index contributed by atoms with van der Waals surface area (Å²) in [7, 11) is 1.22. The molecule has 11 nitrogen and oxygen atoms in total. The number of aromatic nitrogens is 2. The van der Waals surface area contributed by atoms with Crippen molar-refractivity contribution in [2.24, 2.45) is 0 Å². The molecule has 0 spiro atoms. The molecule has 2 N–H and O–H groups in total. The van der Waals surface area contributed by atoms with E-state index in [1.165, 1.54) is 49.9 Å². The van der Waals surface area contributed by atoms with Crippen molar-refractivity contribution in [2.45, 2.75) is 20.4 Å². The summed E-state index contributed by atoms with van der Waals surface area (Å²) in [6, 6.07) is 6.01. The lowest BCUT2D eigenvalue weighted by molar-refractivity contribution is -0.386. The summed E-state index contributed by atoms with van der Waals surface area (Å²) in [5, 5.41) is 20.1. The monoisotopic (exact) mass is 389 g/mol. The lowest BCUT2D eigenvalue weighted by Crippen LogP contribution is -2.30. The van der Waals surface area contributed by atoms with Crippen molar-refractivity contribution in [1.29, 1.82) is 0 Å². The summed E-state index contributed by atoms with van der Waals surface area (Å²) < 4.78 is 5.69. The van der Waals surface area contributed by atoms with Crippen LogP contribution >= 0.6 is 0 Å². The van der Waals surface area contributed by atoms with E-state index in [2.05, 4.69) is 20.5 Å². The molecule has 28 heavy (non-hydrogen) atoms. The van der Waals surface area contributed by atoms with Crippen molar-refractivity contribution < 1.29 is 24.0 Å². The van der Waals surface area contributed by atoms with Gasteiger partial charge in [-0.2, -0.15) is 5.10 Å². The largest absolute Gasteiger partial charge is 0.468 e. The smallest absolute Gasteiger partial charge is 0.325 e. The van der Waals surface area contributed by atoms with Crippen LogP contribution in [0.15, 0.2) is 24.3 Å². The number of anilines is 1. The summed E-state index contributed by atoms with van der Waals surface area (Å²) >= 11 is 0. The van der Waals surface area contributed by atoms with Crippen LogP contribution in [0.5, 0.6) is 0 Å². The quantitative estimate of drug-likeness (QED) is 0.407. The van der Waals surface area contributed by atoms with Gasteiger partial charge in [-0.05, 0) is 38.1 Å². The summed E-state index contributed by atoms with van der Waals surface area (Å²) in [5.74, 6) is -1.46. The Bertz CT molecular complexity index is 919. The lowest BCUT2D eigenvalue weighted by Gasteiger charge is -2.08. The third-order valence-corrected chi connectivity index (χ3v) is 3.87. The number of hydrogen-bond acceptors (Lipinski definition) is 7. The van der Waals surface area contributed by atoms with Crippen molar-refractivity contribution in [3.05, 3.63) is 51.3 Å². The summed E-state index contributed by atoms with van der Waals surface area (Å²) in [4.78, 5) is 45.6. The molecule has 1 aromatic carbocycles. The van der Waals surface area contributed by atoms with Crippen molar-refractivity contribution in [3.63, 3.8) is 0 Å². The molecule has 2 amide bonds. The first-order chi connectivity index (χ1) is 13.2. The number of nitrogens with zero attached hydrogens (tertiary/aromatic N) is 3. The number of methoxy groups -OCH3 is 1. The Morgan fingerprint density at radius 3 is 2.39 bits per heavy atom. The van der Waals surface area contributed by atoms with Gasteiger partial charge in [-0.1, -0.05) is 0 Å². The summed E-state index contributed by atoms with van der Waals surface area (Å²) in [5.41, 5.74) is 1.14. The molecular formula is C17H19N5O6. The van der Waals surface area contributed by atoms with Crippen molar-refractivity contribution in [1.82, 2.24) is 15.1 Å². The number of nitrogens with one attached hydrogen (secondary N) is 2. The predicted octanol–water partition coefficient (Wildman–Crippen LogP) is 0.950. The molecule has 0 saturated carbocycles. The number of aryl methyl sites for hydroxylation is 1. The van der Waals surface area contributed by atoms with Crippen LogP contribution in [0, 0.1) is 24.0 Å². The Hall–Kier alpha value is -3.76. The second kappa shape index (κ2) is 8.75. The average molecular weight is 389 g/mol. The van der Waals surface area contributed by atoms with Crippen molar-refractivity contribution in [3.8, 4) is 0 Å². The van der Waals surface area contributed by atoms with Crippen LogP contribution in [-0.4, -0.2) is 46.1 Å². The van der Waals surface area contributed by atoms with E-state index in [1.54, 1.807) is 0 Å². The maximum Gasteiger partial charge on any atom is 0.325 e. The minimum absolute atomic E-state index is 0.116. The van der Waals surface area contributed by atoms with E-state index >= 15 is 0 Å². The lowest BCUT2D eigenvalue weighted by atomic mass is 10.2. The number of nitro groups is 1. The van der Waals surface area contributed by atoms with Gasteiger partial charge in [0.05, 0.1) is 12.0 Å². The zero-order valence-corrected chi connectivity index (χ0v) is 15.5. The predicted molar refractivity (Wildman–Crippen MR) is 97.8 cm³/mol. The molecule has 0 aliphatic carbocycles. The number of esters is 1. The number of carbonyl (C=O) groups is 3. The highest BCUT2D eigenvalue weighted by Crippen LogP contribution is 2.21. The first-order valence-electron chi connectivity index (χ1n) is 8.16. The van der Waals surface area contributed by atoms with Gasteiger partial charge in [0.15, 0.2) is 0 Å². The minimum atomic E-state index is -0.568. The first-order valence-corrected chi connectivity index (χ1v) is 8.16. The van der Waals surface area contributed by atoms with E-state index in [-0.39, 0.29) is 30.2 Å². The van der Waals surface area contributed by atoms with Crippen LogP contribution in [0.4, 0.5) is 11.4 Å². The van der Waals surface area contributed by atoms with Gasteiger partial charge in [-0.25, -0.2) is 0 Å². The number of benzene rings is 1. The van der Waals surface area contributed by atoms with Crippen LogP contribution in [0.25, 0.3) is 0 Å². The second-order valence-electron chi connectivity index (χ2n) is 5.82. The number of carbonyl (C=O) groups excluding carboxylic acids is 3. The fraction of sp³-hybridized carbons (Fsp3) is 0.294. The zero-order chi connectivity index (χ0) is 20.8. The molecule has 0 aliphatic rings. The van der Waals surface area contributed by atoms with Gasteiger partial charge in [0.1, 0.15) is 24.5 Å². The van der Waals surface area contributed by atoms with E-state index in [0.717, 1.165) is 0 Å². The van der Waals surface area contributed by atoms with Crippen LogP contribution in [0.2, 0.25) is 0 Å².